The molecule has 3 aromatic rings. The van der Waals surface area contributed by atoms with Gasteiger partial charge < -0.3 is 4.18 Å². The van der Waals surface area contributed by atoms with Gasteiger partial charge in [-0.1, -0.05) is 37.3 Å². The minimum atomic E-state index is -4.05. The second-order valence-corrected chi connectivity index (χ2v) is 9.25. The summed E-state index contributed by atoms with van der Waals surface area (Å²) in [6.07, 6.45) is 0. The van der Waals surface area contributed by atoms with Crippen molar-refractivity contribution in [2.45, 2.75) is 16.7 Å². The second kappa shape index (κ2) is 6.50. The average Bonchev–Trinajstić information content (AvgIpc) is 2.61. The third-order valence-electron chi connectivity index (χ3n) is 3.78. The number of benzene rings is 3. The Kier molecular flexibility index (Phi) is 4.53. The molecule has 3 aromatic carbocycles. The minimum Gasteiger partial charge on any atom is -0.379 e. The van der Waals surface area contributed by atoms with Crippen LogP contribution < -0.4 is 4.18 Å². The van der Waals surface area contributed by atoms with Crippen LogP contribution in [0.5, 0.6) is 5.75 Å². The number of rotatable bonds is 5. The molecule has 0 N–H and O–H groups in total. The molecule has 7 heteroatoms. The van der Waals surface area contributed by atoms with E-state index >= 15 is 0 Å². The lowest BCUT2D eigenvalue weighted by Gasteiger charge is -2.09. The van der Waals surface area contributed by atoms with Gasteiger partial charge in [-0.25, -0.2) is 8.42 Å². The van der Waals surface area contributed by atoms with Crippen molar-refractivity contribution in [2.75, 3.05) is 5.75 Å². The molecule has 0 aliphatic carbocycles. The number of sulfone groups is 1. The Labute approximate surface area is 146 Å². The molecule has 0 fully saturated rings. The first-order chi connectivity index (χ1) is 11.8. The minimum absolute atomic E-state index is 0.0489. The first-order valence-electron chi connectivity index (χ1n) is 7.58. The molecule has 130 valence electrons. The van der Waals surface area contributed by atoms with Crippen molar-refractivity contribution < 1.29 is 21.0 Å². The highest BCUT2D eigenvalue weighted by atomic mass is 32.2. The van der Waals surface area contributed by atoms with Crippen LogP contribution in [0.15, 0.2) is 76.5 Å². The van der Waals surface area contributed by atoms with Crippen molar-refractivity contribution in [2.24, 2.45) is 0 Å². The van der Waals surface area contributed by atoms with E-state index in [9.17, 15) is 16.8 Å². The van der Waals surface area contributed by atoms with E-state index < -0.39 is 20.0 Å². The molecule has 0 heterocycles. The quantitative estimate of drug-likeness (QED) is 0.638. The summed E-state index contributed by atoms with van der Waals surface area (Å²) >= 11 is 0. The van der Waals surface area contributed by atoms with Crippen molar-refractivity contribution in [3.8, 4) is 5.75 Å². The summed E-state index contributed by atoms with van der Waals surface area (Å²) in [6, 6.07) is 17.5. The number of hydrogen-bond acceptors (Lipinski definition) is 5. The number of fused-ring (bicyclic) bond motifs is 1. The Balaban J connectivity index is 1.90. The van der Waals surface area contributed by atoms with Gasteiger partial charge in [-0.05, 0) is 47.2 Å². The zero-order chi connectivity index (χ0) is 18.1. The molecule has 0 aliphatic heterocycles. The lowest BCUT2D eigenvalue weighted by atomic mass is 10.1. The van der Waals surface area contributed by atoms with Crippen LogP contribution in [0.25, 0.3) is 10.8 Å². The molecule has 0 saturated carbocycles. The molecule has 5 nitrogen and oxygen atoms in total. The molecule has 0 spiro atoms. The third-order valence-corrected chi connectivity index (χ3v) is 6.79. The van der Waals surface area contributed by atoms with Gasteiger partial charge in [0.2, 0.25) is 0 Å². The molecule has 0 saturated heterocycles. The van der Waals surface area contributed by atoms with E-state index in [1.54, 1.807) is 18.2 Å². The first-order valence-corrected chi connectivity index (χ1v) is 10.6. The summed E-state index contributed by atoms with van der Waals surface area (Å²) < 4.78 is 53.6. The van der Waals surface area contributed by atoms with E-state index in [0.29, 0.717) is 0 Å². The third kappa shape index (κ3) is 3.67. The largest absolute Gasteiger partial charge is 0.379 e. The molecule has 0 atom stereocenters. The van der Waals surface area contributed by atoms with Crippen LogP contribution >= 0.6 is 0 Å². The maximum Gasteiger partial charge on any atom is 0.339 e. The van der Waals surface area contributed by atoms with E-state index in [4.69, 9.17) is 4.18 Å². The standard InChI is InChI=1S/C18H16O5S2/c1-2-24(19,20)17-9-11-18(12-10-17)25(21,22)23-16-8-7-14-5-3-4-6-15(14)13-16/h3-13H,2H2,1H3. The van der Waals surface area contributed by atoms with Gasteiger partial charge >= 0.3 is 10.1 Å². The first kappa shape index (κ1) is 17.4. The molecule has 0 amide bonds. The summed E-state index contributed by atoms with van der Waals surface area (Å²) in [6.45, 7) is 1.53. The fourth-order valence-corrected chi connectivity index (χ4v) is 4.18. The van der Waals surface area contributed by atoms with Crippen LogP contribution in [0.2, 0.25) is 0 Å². The van der Waals surface area contributed by atoms with Crippen LogP contribution in [0.1, 0.15) is 6.92 Å². The van der Waals surface area contributed by atoms with Crippen LogP contribution in [-0.4, -0.2) is 22.6 Å². The molecule has 0 bridgehead atoms. The van der Waals surface area contributed by atoms with Crippen molar-refractivity contribution in [3.63, 3.8) is 0 Å². The van der Waals surface area contributed by atoms with Gasteiger partial charge in [0.1, 0.15) is 10.6 Å². The van der Waals surface area contributed by atoms with Crippen LogP contribution in [0.3, 0.4) is 0 Å². The molecule has 0 aromatic heterocycles. The van der Waals surface area contributed by atoms with Crippen LogP contribution in [0, 0.1) is 0 Å². The summed E-state index contributed by atoms with van der Waals surface area (Å²) in [5.41, 5.74) is 0. The number of hydrogen-bond donors (Lipinski definition) is 0. The molecule has 25 heavy (non-hydrogen) atoms. The van der Waals surface area contributed by atoms with Gasteiger partial charge in [0.05, 0.1) is 10.6 Å². The lowest BCUT2D eigenvalue weighted by Crippen LogP contribution is -2.10. The fourth-order valence-electron chi connectivity index (χ4n) is 2.37. The highest BCUT2D eigenvalue weighted by Gasteiger charge is 2.19. The van der Waals surface area contributed by atoms with Crippen molar-refractivity contribution in [3.05, 3.63) is 66.7 Å². The molecule has 0 radical (unpaired) electrons. The highest BCUT2D eigenvalue weighted by molar-refractivity contribution is 7.91. The SMILES string of the molecule is CCS(=O)(=O)c1ccc(S(=O)(=O)Oc2ccc3ccccc3c2)cc1. The van der Waals surface area contributed by atoms with Gasteiger partial charge in [0, 0.05) is 0 Å². The summed E-state index contributed by atoms with van der Waals surface area (Å²) in [4.78, 5) is -0.0182. The van der Waals surface area contributed by atoms with Crippen molar-refractivity contribution in [1.82, 2.24) is 0 Å². The Bertz CT molecular complexity index is 1120. The smallest absolute Gasteiger partial charge is 0.339 e. The van der Waals surface area contributed by atoms with E-state index in [1.807, 2.05) is 24.3 Å². The molecule has 0 aliphatic rings. The fraction of sp³-hybridized carbons (Fsp3) is 0.111. The maximum absolute atomic E-state index is 12.4. The Morgan fingerprint density at radius 1 is 0.760 bits per heavy atom. The normalized spacial score (nSPS) is 12.2. The Morgan fingerprint density at radius 2 is 1.36 bits per heavy atom. The van der Waals surface area contributed by atoms with Gasteiger partial charge in [-0.15, -0.1) is 0 Å². The summed E-state index contributed by atoms with van der Waals surface area (Å²) in [7, 11) is -7.43. The zero-order valence-corrected chi connectivity index (χ0v) is 15.0. The average molecular weight is 376 g/mol. The molecular formula is C18H16O5S2. The van der Waals surface area contributed by atoms with E-state index in [1.165, 1.54) is 31.2 Å². The van der Waals surface area contributed by atoms with Crippen molar-refractivity contribution >= 4 is 30.7 Å². The Hall–Kier alpha value is -2.38. The topological polar surface area (TPSA) is 77.5 Å². The van der Waals surface area contributed by atoms with Gasteiger partial charge in [0.25, 0.3) is 0 Å². The van der Waals surface area contributed by atoms with E-state index in [0.717, 1.165) is 10.8 Å². The molecule has 0 unspecified atom stereocenters. The predicted octanol–water partition coefficient (Wildman–Crippen LogP) is 3.40. The van der Waals surface area contributed by atoms with Gasteiger partial charge in [-0.3, -0.25) is 0 Å². The lowest BCUT2D eigenvalue weighted by molar-refractivity contribution is 0.486. The van der Waals surface area contributed by atoms with Crippen LogP contribution in [-0.2, 0) is 20.0 Å². The van der Waals surface area contributed by atoms with Gasteiger partial charge in [-0.2, -0.15) is 8.42 Å². The molecule has 3 rings (SSSR count). The van der Waals surface area contributed by atoms with Crippen molar-refractivity contribution in [1.29, 1.82) is 0 Å². The zero-order valence-electron chi connectivity index (χ0n) is 13.4. The van der Waals surface area contributed by atoms with E-state index in [2.05, 4.69) is 0 Å². The van der Waals surface area contributed by atoms with Gasteiger partial charge in [0.15, 0.2) is 9.84 Å². The van der Waals surface area contributed by atoms with Crippen LogP contribution in [0.4, 0.5) is 0 Å². The highest BCUT2D eigenvalue weighted by Crippen LogP contribution is 2.24. The monoisotopic (exact) mass is 376 g/mol. The Morgan fingerprint density at radius 3 is 2.00 bits per heavy atom. The summed E-state index contributed by atoms with van der Waals surface area (Å²) in [5, 5.41) is 1.83. The summed E-state index contributed by atoms with van der Waals surface area (Å²) in [5.74, 6) is 0.149. The predicted molar refractivity (Wildman–Crippen MR) is 95.9 cm³/mol. The second-order valence-electron chi connectivity index (χ2n) is 5.42. The van der Waals surface area contributed by atoms with E-state index in [-0.39, 0.29) is 21.3 Å². The molecular weight excluding hydrogens is 360 g/mol. The maximum atomic E-state index is 12.4.